The Kier molecular flexibility index (Phi) is 6.40. The number of hydrogen-bond acceptors (Lipinski definition) is 4. The SMILES string of the molecule is CC(CC(=O)Nc1cccc(N2CCCC2)c1)NC(=O)CCN. The Morgan fingerprint density at radius 2 is 2.00 bits per heavy atom. The van der Waals surface area contributed by atoms with Crippen molar-refractivity contribution in [3.8, 4) is 0 Å². The minimum atomic E-state index is -0.212. The van der Waals surface area contributed by atoms with Crippen LogP contribution in [0.5, 0.6) is 0 Å². The van der Waals surface area contributed by atoms with E-state index in [0.29, 0.717) is 6.54 Å². The quantitative estimate of drug-likeness (QED) is 0.710. The third-order valence-corrected chi connectivity index (χ3v) is 3.87. The molecule has 6 heteroatoms. The van der Waals surface area contributed by atoms with Gasteiger partial charge in [0.2, 0.25) is 11.8 Å². The standard InChI is InChI=1S/C17H26N4O2/c1-13(19-16(22)7-8-18)11-17(23)20-14-5-4-6-15(12-14)21-9-2-3-10-21/h4-6,12-13H,2-3,7-11,18H2,1H3,(H,19,22)(H,20,23). The highest BCUT2D eigenvalue weighted by Crippen LogP contribution is 2.23. The van der Waals surface area contributed by atoms with Gasteiger partial charge in [0.05, 0.1) is 0 Å². The van der Waals surface area contributed by atoms with Crippen LogP contribution in [0.3, 0.4) is 0 Å². The molecule has 1 atom stereocenters. The van der Waals surface area contributed by atoms with Gasteiger partial charge in [-0.3, -0.25) is 9.59 Å². The van der Waals surface area contributed by atoms with E-state index in [1.54, 1.807) is 0 Å². The van der Waals surface area contributed by atoms with Gasteiger partial charge in [0.15, 0.2) is 0 Å². The summed E-state index contributed by atoms with van der Waals surface area (Å²) in [7, 11) is 0. The molecule has 23 heavy (non-hydrogen) atoms. The van der Waals surface area contributed by atoms with Crippen molar-refractivity contribution in [1.82, 2.24) is 5.32 Å². The van der Waals surface area contributed by atoms with Gasteiger partial charge in [0.25, 0.3) is 0 Å². The van der Waals surface area contributed by atoms with Gasteiger partial charge in [-0.2, -0.15) is 0 Å². The zero-order valence-corrected chi connectivity index (χ0v) is 13.7. The molecule has 0 bridgehead atoms. The second kappa shape index (κ2) is 8.53. The largest absolute Gasteiger partial charge is 0.371 e. The molecule has 0 saturated carbocycles. The van der Waals surface area contributed by atoms with Crippen LogP contribution in [-0.2, 0) is 9.59 Å². The predicted molar refractivity (Wildman–Crippen MR) is 92.4 cm³/mol. The van der Waals surface area contributed by atoms with E-state index in [0.717, 1.165) is 24.5 Å². The highest BCUT2D eigenvalue weighted by atomic mass is 16.2. The molecule has 0 radical (unpaired) electrons. The molecule has 1 aromatic rings. The zero-order valence-electron chi connectivity index (χ0n) is 13.7. The number of nitrogens with two attached hydrogens (primary N) is 1. The minimum Gasteiger partial charge on any atom is -0.371 e. The lowest BCUT2D eigenvalue weighted by Gasteiger charge is -2.19. The van der Waals surface area contributed by atoms with E-state index in [9.17, 15) is 9.59 Å². The Morgan fingerprint density at radius 1 is 1.26 bits per heavy atom. The maximum absolute atomic E-state index is 12.1. The first-order valence-electron chi connectivity index (χ1n) is 8.23. The average molecular weight is 318 g/mol. The summed E-state index contributed by atoms with van der Waals surface area (Å²) in [4.78, 5) is 25.9. The lowest BCUT2D eigenvalue weighted by Crippen LogP contribution is -2.36. The maximum atomic E-state index is 12.1. The molecule has 1 aromatic carbocycles. The second-order valence-electron chi connectivity index (χ2n) is 6.00. The highest BCUT2D eigenvalue weighted by Gasteiger charge is 2.14. The van der Waals surface area contributed by atoms with Crippen molar-refractivity contribution in [2.45, 2.75) is 38.6 Å². The first kappa shape index (κ1) is 17.3. The maximum Gasteiger partial charge on any atom is 0.226 e. The van der Waals surface area contributed by atoms with Gasteiger partial charge in [-0.05, 0) is 38.0 Å². The van der Waals surface area contributed by atoms with E-state index in [2.05, 4.69) is 21.6 Å². The summed E-state index contributed by atoms with van der Waals surface area (Å²) in [6, 6.07) is 7.69. The number of carbonyl (C=O) groups excluding carboxylic acids is 2. The van der Waals surface area contributed by atoms with E-state index in [-0.39, 0.29) is 30.7 Å². The minimum absolute atomic E-state index is 0.107. The van der Waals surface area contributed by atoms with Gasteiger partial charge in [0, 0.05) is 49.9 Å². The van der Waals surface area contributed by atoms with Crippen molar-refractivity contribution in [3.05, 3.63) is 24.3 Å². The zero-order chi connectivity index (χ0) is 16.7. The molecule has 0 spiro atoms. The normalized spacial score (nSPS) is 15.3. The molecule has 1 aliphatic heterocycles. The fraction of sp³-hybridized carbons (Fsp3) is 0.529. The van der Waals surface area contributed by atoms with Crippen LogP contribution in [0.4, 0.5) is 11.4 Å². The van der Waals surface area contributed by atoms with Gasteiger partial charge < -0.3 is 21.3 Å². The molecule has 2 amide bonds. The van der Waals surface area contributed by atoms with Gasteiger partial charge in [-0.25, -0.2) is 0 Å². The van der Waals surface area contributed by atoms with Crippen LogP contribution in [0.1, 0.15) is 32.6 Å². The van der Waals surface area contributed by atoms with Crippen LogP contribution in [0, 0.1) is 0 Å². The van der Waals surface area contributed by atoms with Gasteiger partial charge in [-0.15, -0.1) is 0 Å². The summed E-state index contributed by atoms with van der Waals surface area (Å²) in [5.74, 6) is -0.229. The van der Waals surface area contributed by atoms with Crippen LogP contribution >= 0.6 is 0 Å². The smallest absolute Gasteiger partial charge is 0.226 e. The van der Waals surface area contributed by atoms with E-state index in [4.69, 9.17) is 5.73 Å². The first-order valence-corrected chi connectivity index (χ1v) is 8.23. The summed E-state index contributed by atoms with van der Waals surface area (Å²) in [6.07, 6.45) is 2.96. The van der Waals surface area contributed by atoms with Crippen molar-refractivity contribution in [1.29, 1.82) is 0 Å². The molecule has 1 unspecified atom stereocenters. The highest BCUT2D eigenvalue weighted by molar-refractivity contribution is 5.92. The Bertz CT molecular complexity index is 541. The van der Waals surface area contributed by atoms with E-state index in [1.165, 1.54) is 12.8 Å². The molecule has 0 aliphatic carbocycles. The Labute approximate surface area is 137 Å². The number of hydrogen-bond donors (Lipinski definition) is 3. The van der Waals surface area contributed by atoms with Crippen molar-refractivity contribution in [3.63, 3.8) is 0 Å². The molecule has 1 fully saturated rings. The van der Waals surface area contributed by atoms with Crippen LogP contribution in [0.15, 0.2) is 24.3 Å². The van der Waals surface area contributed by atoms with E-state index < -0.39 is 0 Å². The van der Waals surface area contributed by atoms with Gasteiger partial charge in [-0.1, -0.05) is 6.07 Å². The molecule has 126 valence electrons. The van der Waals surface area contributed by atoms with Crippen molar-refractivity contribution >= 4 is 23.2 Å². The number of benzene rings is 1. The topological polar surface area (TPSA) is 87.5 Å². The Balaban J connectivity index is 1.85. The number of anilines is 2. The molecule has 4 N–H and O–H groups in total. The average Bonchev–Trinajstić information content (AvgIpc) is 3.01. The predicted octanol–water partition coefficient (Wildman–Crippen LogP) is 1.47. The number of carbonyl (C=O) groups is 2. The van der Waals surface area contributed by atoms with Gasteiger partial charge in [0.1, 0.15) is 0 Å². The summed E-state index contributed by atoms with van der Waals surface area (Å²) in [6.45, 7) is 4.27. The third-order valence-electron chi connectivity index (χ3n) is 3.87. The molecular weight excluding hydrogens is 292 g/mol. The van der Waals surface area contributed by atoms with Gasteiger partial charge >= 0.3 is 0 Å². The van der Waals surface area contributed by atoms with E-state index in [1.807, 2.05) is 25.1 Å². The summed E-state index contributed by atoms with van der Waals surface area (Å²) >= 11 is 0. The van der Waals surface area contributed by atoms with E-state index >= 15 is 0 Å². The molecular formula is C17H26N4O2. The Morgan fingerprint density at radius 3 is 2.70 bits per heavy atom. The van der Waals surface area contributed by atoms with Crippen molar-refractivity contribution in [2.75, 3.05) is 29.9 Å². The van der Waals surface area contributed by atoms with Crippen LogP contribution in [0.2, 0.25) is 0 Å². The summed E-state index contributed by atoms with van der Waals surface area (Å²) < 4.78 is 0. The monoisotopic (exact) mass is 318 g/mol. The number of rotatable bonds is 7. The first-order chi connectivity index (χ1) is 11.1. The lowest BCUT2D eigenvalue weighted by atomic mass is 10.2. The van der Waals surface area contributed by atoms with Crippen LogP contribution in [0.25, 0.3) is 0 Å². The summed E-state index contributed by atoms with van der Waals surface area (Å²) in [5, 5.41) is 5.67. The number of amides is 2. The number of nitrogens with one attached hydrogen (secondary N) is 2. The van der Waals surface area contributed by atoms with Crippen molar-refractivity contribution in [2.24, 2.45) is 5.73 Å². The molecule has 1 heterocycles. The Hall–Kier alpha value is -2.08. The van der Waals surface area contributed by atoms with Crippen LogP contribution in [-0.4, -0.2) is 37.5 Å². The van der Waals surface area contributed by atoms with Crippen LogP contribution < -0.4 is 21.3 Å². The third kappa shape index (κ3) is 5.56. The molecule has 2 rings (SSSR count). The molecule has 1 aliphatic rings. The fourth-order valence-corrected chi connectivity index (χ4v) is 2.77. The fourth-order valence-electron chi connectivity index (χ4n) is 2.77. The second-order valence-corrected chi connectivity index (χ2v) is 6.00. The molecule has 0 aromatic heterocycles. The summed E-state index contributed by atoms with van der Waals surface area (Å²) in [5.41, 5.74) is 7.27. The number of nitrogens with zero attached hydrogens (tertiary/aromatic N) is 1. The molecule has 1 saturated heterocycles. The lowest BCUT2D eigenvalue weighted by molar-refractivity contribution is -0.122. The molecule has 6 nitrogen and oxygen atoms in total. The van der Waals surface area contributed by atoms with Crippen molar-refractivity contribution < 1.29 is 9.59 Å².